The number of amides is 2. The molecule has 1 unspecified atom stereocenters. The van der Waals surface area contributed by atoms with Crippen molar-refractivity contribution in [3.8, 4) is 0 Å². The van der Waals surface area contributed by atoms with E-state index in [9.17, 15) is 9.59 Å². The van der Waals surface area contributed by atoms with Crippen LogP contribution >= 0.6 is 0 Å². The second kappa shape index (κ2) is 9.84. The van der Waals surface area contributed by atoms with Crippen LogP contribution in [-0.2, 0) is 16.0 Å². The van der Waals surface area contributed by atoms with Crippen LogP contribution in [0.25, 0.3) is 0 Å². The average molecular weight is 518 g/mol. The third kappa shape index (κ3) is 4.30. The number of rotatable bonds is 5. The molecule has 1 spiro atoms. The number of carbonyl (C=O) groups is 2. The third-order valence-electron chi connectivity index (χ3n) is 8.99. The molecule has 2 saturated heterocycles. The lowest BCUT2D eigenvalue weighted by atomic mass is 9.76. The van der Waals surface area contributed by atoms with Gasteiger partial charge in [0.15, 0.2) is 0 Å². The maximum atomic E-state index is 13.8. The highest BCUT2D eigenvalue weighted by Gasteiger charge is 2.56. The van der Waals surface area contributed by atoms with E-state index in [1.54, 1.807) is 0 Å². The number of carbonyl (C=O) groups excluding carboxylic acids is 2. The summed E-state index contributed by atoms with van der Waals surface area (Å²) in [6.07, 6.45) is 6.79. The smallest absolute Gasteiger partial charge is 0.244 e. The largest absolute Gasteiger partial charge is 0.369 e. The minimum absolute atomic E-state index is 0.0886. The summed E-state index contributed by atoms with van der Waals surface area (Å²) in [5.74, 6) is 0.902. The van der Waals surface area contributed by atoms with Gasteiger partial charge < -0.3 is 15.5 Å². The lowest BCUT2D eigenvalue weighted by Gasteiger charge is -2.40. The van der Waals surface area contributed by atoms with Gasteiger partial charge in [0.1, 0.15) is 11.2 Å². The molecule has 4 aliphatic rings. The summed E-state index contributed by atoms with van der Waals surface area (Å²) >= 11 is 0. The molecule has 1 aliphatic carbocycles. The van der Waals surface area contributed by atoms with E-state index >= 15 is 0 Å². The molecule has 9 heteroatoms. The van der Waals surface area contributed by atoms with Crippen molar-refractivity contribution in [2.45, 2.75) is 71.4 Å². The first-order valence-electron chi connectivity index (χ1n) is 14.2. The van der Waals surface area contributed by atoms with Gasteiger partial charge in [-0.3, -0.25) is 19.4 Å². The topological polar surface area (TPSA) is 93.7 Å². The van der Waals surface area contributed by atoms with Crippen LogP contribution in [0.4, 0.5) is 23.1 Å². The van der Waals surface area contributed by atoms with Crippen molar-refractivity contribution in [3.05, 3.63) is 35.5 Å². The summed E-state index contributed by atoms with van der Waals surface area (Å²) in [5, 5.41) is 6.27. The number of hydrogen-bond acceptors (Lipinski definition) is 7. The molecule has 1 atom stereocenters. The highest BCUT2D eigenvalue weighted by molar-refractivity contribution is 6.14. The first kappa shape index (κ1) is 25.1. The molecular formula is C29H39N7O2. The van der Waals surface area contributed by atoms with E-state index in [-0.39, 0.29) is 17.9 Å². The SMILES string of the molecule is Cc1cc(Nc2ncc3c(n2)N(C2CCCC2)C(=O)C2(CCNC2=O)C3)ccc1N1CCN(C(C)C)CC1. The van der Waals surface area contributed by atoms with Gasteiger partial charge in [0.2, 0.25) is 17.8 Å². The van der Waals surface area contributed by atoms with Crippen molar-refractivity contribution in [2.75, 3.05) is 47.8 Å². The van der Waals surface area contributed by atoms with Gasteiger partial charge in [-0.2, -0.15) is 4.98 Å². The van der Waals surface area contributed by atoms with E-state index in [2.05, 4.69) is 64.4 Å². The van der Waals surface area contributed by atoms with Gasteiger partial charge in [0.05, 0.1) is 0 Å². The minimum atomic E-state index is -1.01. The first-order chi connectivity index (χ1) is 18.4. The number of aromatic nitrogens is 2. The number of nitrogens with zero attached hydrogens (tertiary/aromatic N) is 5. The molecule has 6 rings (SSSR count). The van der Waals surface area contributed by atoms with E-state index < -0.39 is 5.41 Å². The lowest BCUT2D eigenvalue weighted by Crippen LogP contribution is -2.56. The molecule has 0 bridgehead atoms. The molecule has 2 aromatic rings. The van der Waals surface area contributed by atoms with Crippen molar-refractivity contribution < 1.29 is 9.59 Å². The van der Waals surface area contributed by atoms with Gasteiger partial charge in [-0.15, -0.1) is 0 Å². The van der Waals surface area contributed by atoms with Crippen molar-refractivity contribution in [1.82, 2.24) is 20.2 Å². The molecule has 2 N–H and O–H groups in total. The Kier molecular flexibility index (Phi) is 6.50. The molecule has 1 aromatic heterocycles. The van der Waals surface area contributed by atoms with E-state index in [0.717, 1.165) is 63.1 Å². The van der Waals surface area contributed by atoms with Gasteiger partial charge in [0, 0.05) is 74.4 Å². The Morgan fingerprint density at radius 2 is 1.87 bits per heavy atom. The quantitative estimate of drug-likeness (QED) is 0.587. The maximum absolute atomic E-state index is 13.8. The average Bonchev–Trinajstić information content (AvgIpc) is 3.56. The van der Waals surface area contributed by atoms with Crippen LogP contribution in [0.2, 0.25) is 0 Å². The summed E-state index contributed by atoms with van der Waals surface area (Å²) in [7, 11) is 0. The Hall–Kier alpha value is -3.20. The van der Waals surface area contributed by atoms with Crippen LogP contribution in [0.3, 0.4) is 0 Å². The van der Waals surface area contributed by atoms with Gasteiger partial charge in [-0.25, -0.2) is 4.98 Å². The summed E-state index contributed by atoms with van der Waals surface area (Å²) < 4.78 is 0. The fourth-order valence-corrected chi connectivity index (χ4v) is 6.76. The zero-order valence-corrected chi connectivity index (χ0v) is 22.8. The Labute approximate surface area is 225 Å². The van der Waals surface area contributed by atoms with Crippen LogP contribution in [-0.4, -0.2) is 71.5 Å². The number of aryl methyl sites for hydroxylation is 1. The first-order valence-corrected chi connectivity index (χ1v) is 14.2. The number of benzene rings is 1. The van der Waals surface area contributed by atoms with E-state index in [1.807, 2.05) is 11.1 Å². The van der Waals surface area contributed by atoms with Gasteiger partial charge >= 0.3 is 0 Å². The van der Waals surface area contributed by atoms with Crippen LogP contribution < -0.4 is 20.4 Å². The van der Waals surface area contributed by atoms with E-state index in [0.29, 0.717) is 37.2 Å². The summed E-state index contributed by atoms with van der Waals surface area (Å²) in [5.41, 5.74) is 3.27. The van der Waals surface area contributed by atoms with Crippen LogP contribution in [0.15, 0.2) is 24.4 Å². The molecule has 202 valence electrons. The van der Waals surface area contributed by atoms with Gasteiger partial charge in [-0.1, -0.05) is 12.8 Å². The van der Waals surface area contributed by atoms with Gasteiger partial charge in [-0.05, 0) is 63.8 Å². The number of anilines is 4. The van der Waals surface area contributed by atoms with Crippen molar-refractivity contribution in [2.24, 2.45) is 5.41 Å². The number of fused-ring (bicyclic) bond motifs is 1. The number of hydrogen-bond donors (Lipinski definition) is 2. The van der Waals surface area contributed by atoms with Crippen LogP contribution in [0, 0.1) is 12.3 Å². The number of nitrogens with one attached hydrogen (secondary N) is 2. The Balaban J connectivity index is 1.24. The molecular weight excluding hydrogens is 478 g/mol. The molecule has 1 saturated carbocycles. The fourth-order valence-electron chi connectivity index (χ4n) is 6.76. The molecule has 3 aliphatic heterocycles. The van der Waals surface area contributed by atoms with E-state index in [4.69, 9.17) is 4.98 Å². The van der Waals surface area contributed by atoms with Crippen LogP contribution in [0.1, 0.15) is 57.1 Å². The predicted molar refractivity (Wildman–Crippen MR) is 149 cm³/mol. The third-order valence-corrected chi connectivity index (χ3v) is 8.99. The highest BCUT2D eigenvalue weighted by Crippen LogP contribution is 2.44. The predicted octanol–water partition coefficient (Wildman–Crippen LogP) is 3.40. The minimum Gasteiger partial charge on any atom is -0.369 e. The molecule has 4 heterocycles. The zero-order valence-electron chi connectivity index (χ0n) is 22.8. The van der Waals surface area contributed by atoms with Crippen molar-refractivity contribution in [3.63, 3.8) is 0 Å². The van der Waals surface area contributed by atoms with Crippen molar-refractivity contribution >= 4 is 35.0 Å². The monoisotopic (exact) mass is 517 g/mol. The molecule has 3 fully saturated rings. The lowest BCUT2D eigenvalue weighted by molar-refractivity contribution is -0.140. The second-order valence-electron chi connectivity index (χ2n) is 11.7. The standard InChI is InChI=1S/C29H39N7O2/c1-19(2)34-12-14-35(15-13-34)24-9-8-22(16-20(24)3)32-28-31-18-21-17-29(10-11-30-26(29)37)27(38)36(25(21)33-28)23-6-4-5-7-23/h8-9,16,18-19,23H,4-7,10-15,17H2,1-3H3,(H,30,37)(H,31,32,33). The Morgan fingerprint density at radius 1 is 1.11 bits per heavy atom. The Bertz CT molecular complexity index is 1230. The summed E-state index contributed by atoms with van der Waals surface area (Å²) in [6, 6.07) is 7.08. The molecule has 2 amide bonds. The Morgan fingerprint density at radius 3 is 2.53 bits per heavy atom. The molecule has 38 heavy (non-hydrogen) atoms. The zero-order chi connectivity index (χ0) is 26.4. The van der Waals surface area contributed by atoms with Crippen molar-refractivity contribution in [1.29, 1.82) is 0 Å². The fraction of sp³-hybridized carbons (Fsp3) is 0.586. The summed E-state index contributed by atoms with van der Waals surface area (Å²) in [4.78, 5) is 43.0. The highest BCUT2D eigenvalue weighted by atomic mass is 16.2. The van der Waals surface area contributed by atoms with E-state index in [1.165, 1.54) is 11.3 Å². The molecule has 1 aromatic carbocycles. The second-order valence-corrected chi connectivity index (χ2v) is 11.7. The molecule has 9 nitrogen and oxygen atoms in total. The number of piperazine rings is 1. The van der Waals surface area contributed by atoms with Gasteiger partial charge in [0.25, 0.3) is 0 Å². The molecule has 0 radical (unpaired) electrons. The maximum Gasteiger partial charge on any atom is 0.244 e. The summed E-state index contributed by atoms with van der Waals surface area (Å²) in [6.45, 7) is 11.4. The van der Waals surface area contributed by atoms with Crippen LogP contribution in [0.5, 0.6) is 0 Å². The normalized spacial score (nSPS) is 24.4.